The monoisotopic (exact) mass is 279 g/mol. The van der Waals surface area contributed by atoms with E-state index in [2.05, 4.69) is 4.74 Å². The van der Waals surface area contributed by atoms with Crippen LogP contribution in [0, 0.1) is 0 Å². The number of hydrogen-bond acceptors (Lipinski definition) is 5. The van der Waals surface area contributed by atoms with E-state index in [1.54, 1.807) is 6.92 Å². The van der Waals surface area contributed by atoms with Gasteiger partial charge in [0.15, 0.2) is 5.75 Å². The van der Waals surface area contributed by atoms with E-state index in [4.69, 9.17) is 5.11 Å². The fraction of sp³-hybridized carbons (Fsp3) is 0.800. The Morgan fingerprint density at radius 3 is 2.56 bits per heavy atom. The molecule has 1 aliphatic heterocycles. The summed E-state index contributed by atoms with van der Waals surface area (Å²) < 4.78 is 29.5. The fourth-order valence-electron chi connectivity index (χ4n) is 2.03. The highest BCUT2D eigenvalue weighted by Gasteiger charge is 2.49. The number of hydrogen-bond donors (Lipinski definition) is 1. The van der Waals surface area contributed by atoms with Gasteiger partial charge < -0.3 is 9.84 Å². The molecular formula is C10H17NO6S. The van der Waals surface area contributed by atoms with Crippen LogP contribution >= 0.6 is 0 Å². The SMILES string of the molecule is CCOC(=O)CS(=O)(=O)N1CCCC1(C)C(=O)O. The summed E-state index contributed by atoms with van der Waals surface area (Å²) in [4.78, 5) is 22.4. The van der Waals surface area contributed by atoms with Crippen LogP contribution in [0.15, 0.2) is 0 Å². The van der Waals surface area contributed by atoms with Gasteiger partial charge in [0.25, 0.3) is 0 Å². The topological polar surface area (TPSA) is 101 Å². The number of nitrogens with zero attached hydrogens (tertiary/aromatic N) is 1. The van der Waals surface area contributed by atoms with Gasteiger partial charge in [-0.3, -0.25) is 9.59 Å². The van der Waals surface area contributed by atoms with Gasteiger partial charge in [0.1, 0.15) is 5.54 Å². The smallest absolute Gasteiger partial charge is 0.324 e. The van der Waals surface area contributed by atoms with Crippen molar-refractivity contribution in [3.8, 4) is 0 Å². The van der Waals surface area contributed by atoms with Gasteiger partial charge in [-0.2, -0.15) is 4.31 Å². The highest BCUT2D eigenvalue weighted by molar-refractivity contribution is 7.89. The standard InChI is InChI=1S/C10H17NO6S/c1-3-17-8(12)7-18(15,16)11-6-4-5-10(11,2)9(13)14/h3-7H2,1-2H3,(H,13,14). The summed E-state index contributed by atoms with van der Waals surface area (Å²) in [6.45, 7) is 3.13. The van der Waals surface area contributed by atoms with Gasteiger partial charge in [0, 0.05) is 6.54 Å². The Hall–Kier alpha value is -1.15. The summed E-state index contributed by atoms with van der Waals surface area (Å²) in [6, 6.07) is 0. The first kappa shape index (κ1) is 14.9. The quantitative estimate of drug-likeness (QED) is 0.700. The lowest BCUT2D eigenvalue weighted by Crippen LogP contribution is -2.52. The zero-order valence-corrected chi connectivity index (χ0v) is 11.2. The van der Waals surface area contributed by atoms with Crippen LogP contribution in [0.3, 0.4) is 0 Å². The Morgan fingerprint density at radius 2 is 2.06 bits per heavy atom. The molecule has 1 N–H and O–H groups in total. The number of carbonyl (C=O) groups is 2. The molecule has 1 saturated heterocycles. The average Bonchev–Trinajstić information content (AvgIpc) is 2.62. The third-order valence-corrected chi connectivity index (χ3v) is 4.83. The molecule has 0 aromatic carbocycles. The maximum atomic E-state index is 12.0. The summed E-state index contributed by atoms with van der Waals surface area (Å²) in [7, 11) is -3.96. The van der Waals surface area contributed by atoms with E-state index in [9.17, 15) is 18.0 Å². The number of carboxylic acid groups (broad SMARTS) is 1. The second-order valence-electron chi connectivity index (χ2n) is 4.32. The Morgan fingerprint density at radius 1 is 1.44 bits per heavy atom. The number of rotatable bonds is 5. The minimum atomic E-state index is -3.96. The summed E-state index contributed by atoms with van der Waals surface area (Å²) in [5.41, 5.74) is -1.47. The van der Waals surface area contributed by atoms with Crippen LogP contribution in [-0.4, -0.2) is 54.2 Å². The molecule has 1 aliphatic rings. The second kappa shape index (κ2) is 5.23. The Balaban J connectivity index is 2.91. The fourth-order valence-corrected chi connectivity index (χ4v) is 3.76. The number of aliphatic carboxylic acids is 1. The molecule has 0 aromatic heterocycles. The highest BCUT2D eigenvalue weighted by Crippen LogP contribution is 2.32. The van der Waals surface area contributed by atoms with E-state index < -0.39 is 33.3 Å². The van der Waals surface area contributed by atoms with Crippen LogP contribution in [0.4, 0.5) is 0 Å². The molecule has 104 valence electrons. The molecule has 0 aromatic rings. The molecule has 18 heavy (non-hydrogen) atoms. The molecule has 1 fully saturated rings. The molecule has 0 aliphatic carbocycles. The van der Waals surface area contributed by atoms with Gasteiger partial charge in [-0.05, 0) is 26.7 Å². The molecule has 0 saturated carbocycles. The lowest BCUT2D eigenvalue weighted by atomic mass is 10.0. The van der Waals surface area contributed by atoms with Crippen LogP contribution in [0.1, 0.15) is 26.7 Å². The van der Waals surface area contributed by atoms with Gasteiger partial charge in [0.2, 0.25) is 10.0 Å². The first-order valence-electron chi connectivity index (χ1n) is 5.63. The Kier molecular flexibility index (Phi) is 4.33. The molecular weight excluding hydrogens is 262 g/mol. The van der Waals surface area contributed by atoms with E-state index in [-0.39, 0.29) is 19.6 Å². The van der Waals surface area contributed by atoms with E-state index in [0.717, 1.165) is 4.31 Å². The van der Waals surface area contributed by atoms with Gasteiger partial charge in [-0.15, -0.1) is 0 Å². The van der Waals surface area contributed by atoms with Crippen molar-refractivity contribution < 1.29 is 27.9 Å². The molecule has 1 heterocycles. The van der Waals surface area contributed by atoms with Gasteiger partial charge >= 0.3 is 11.9 Å². The van der Waals surface area contributed by atoms with Crippen molar-refractivity contribution in [2.24, 2.45) is 0 Å². The third-order valence-electron chi connectivity index (χ3n) is 2.98. The summed E-state index contributed by atoms with van der Waals surface area (Å²) >= 11 is 0. The predicted molar refractivity (Wildman–Crippen MR) is 62.4 cm³/mol. The molecule has 0 spiro atoms. The number of carbonyl (C=O) groups excluding carboxylic acids is 1. The molecule has 7 nitrogen and oxygen atoms in total. The van der Waals surface area contributed by atoms with Crippen LogP contribution in [0.2, 0.25) is 0 Å². The van der Waals surface area contributed by atoms with Crippen LogP contribution in [0.25, 0.3) is 0 Å². The van der Waals surface area contributed by atoms with Crippen LogP contribution < -0.4 is 0 Å². The highest BCUT2D eigenvalue weighted by atomic mass is 32.2. The maximum Gasteiger partial charge on any atom is 0.324 e. The van der Waals surface area contributed by atoms with Gasteiger partial charge in [-0.1, -0.05) is 0 Å². The molecule has 8 heteroatoms. The summed E-state index contributed by atoms with van der Waals surface area (Å²) in [6.07, 6.45) is 0.704. The predicted octanol–water partition coefficient (Wildman–Crippen LogP) is -0.182. The third kappa shape index (κ3) is 2.81. The maximum absolute atomic E-state index is 12.0. The lowest BCUT2D eigenvalue weighted by Gasteiger charge is -2.29. The van der Waals surface area contributed by atoms with Crippen LogP contribution in [-0.2, 0) is 24.3 Å². The number of esters is 1. The van der Waals surface area contributed by atoms with Crippen molar-refractivity contribution in [1.29, 1.82) is 0 Å². The lowest BCUT2D eigenvalue weighted by molar-refractivity contribution is -0.146. The first-order valence-corrected chi connectivity index (χ1v) is 7.24. The average molecular weight is 279 g/mol. The van der Waals surface area contributed by atoms with E-state index >= 15 is 0 Å². The second-order valence-corrected chi connectivity index (χ2v) is 6.21. The largest absolute Gasteiger partial charge is 0.480 e. The molecule has 0 bridgehead atoms. The summed E-state index contributed by atoms with van der Waals surface area (Å²) in [5.74, 6) is -2.88. The van der Waals surface area contributed by atoms with Crippen molar-refractivity contribution in [2.75, 3.05) is 18.9 Å². The number of ether oxygens (including phenoxy) is 1. The van der Waals surface area contributed by atoms with Crippen molar-refractivity contribution in [1.82, 2.24) is 4.31 Å². The zero-order valence-electron chi connectivity index (χ0n) is 10.4. The molecule has 1 rings (SSSR count). The summed E-state index contributed by atoms with van der Waals surface area (Å²) in [5, 5.41) is 9.12. The van der Waals surface area contributed by atoms with E-state index in [1.165, 1.54) is 6.92 Å². The zero-order chi connectivity index (χ0) is 14.0. The normalized spacial score (nSPS) is 25.0. The van der Waals surface area contributed by atoms with E-state index in [0.29, 0.717) is 6.42 Å². The van der Waals surface area contributed by atoms with Crippen molar-refractivity contribution >= 4 is 22.0 Å². The molecule has 0 radical (unpaired) electrons. The number of sulfonamides is 1. The Labute approximate surface area is 106 Å². The minimum absolute atomic E-state index is 0.0878. The Bertz CT molecular complexity index is 445. The first-order chi connectivity index (χ1) is 8.24. The van der Waals surface area contributed by atoms with Crippen molar-refractivity contribution in [3.63, 3.8) is 0 Å². The van der Waals surface area contributed by atoms with Gasteiger partial charge in [-0.25, -0.2) is 8.42 Å². The van der Waals surface area contributed by atoms with Crippen LogP contribution in [0.5, 0.6) is 0 Å². The molecule has 1 atom stereocenters. The van der Waals surface area contributed by atoms with E-state index in [1.807, 2.05) is 0 Å². The van der Waals surface area contributed by atoms with Crippen molar-refractivity contribution in [2.45, 2.75) is 32.2 Å². The van der Waals surface area contributed by atoms with Gasteiger partial charge in [0.05, 0.1) is 6.61 Å². The van der Waals surface area contributed by atoms with Crippen molar-refractivity contribution in [3.05, 3.63) is 0 Å². The minimum Gasteiger partial charge on any atom is -0.480 e. The molecule has 0 amide bonds. The number of carboxylic acids is 1. The molecule has 1 unspecified atom stereocenters.